The molecular formula is C20H29N5O. The summed E-state index contributed by atoms with van der Waals surface area (Å²) in [4.78, 5) is 13.7. The third-order valence-electron chi connectivity index (χ3n) is 4.83. The van der Waals surface area contributed by atoms with Gasteiger partial charge in [-0.3, -0.25) is 4.98 Å². The minimum atomic E-state index is -0.164. The molecule has 2 heterocycles. The molecule has 1 saturated carbocycles. The van der Waals surface area contributed by atoms with E-state index in [4.69, 9.17) is 4.98 Å². The summed E-state index contributed by atoms with van der Waals surface area (Å²) in [7, 11) is 0. The summed E-state index contributed by atoms with van der Waals surface area (Å²) in [5.74, 6) is 1.46. The average molecular weight is 355 g/mol. The fourth-order valence-corrected chi connectivity index (χ4v) is 3.18. The van der Waals surface area contributed by atoms with Crippen LogP contribution in [0.1, 0.15) is 51.0 Å². The van der Waals surface area contributed by atoms with Crippen LogP contribution in [0.4, 0.5) is 11.8 Å². The van der Waals surface area contributed by atoms with E-state index in [2.05, 4.69) is 33.6 Å². The van der Waals surface area contributed by atoms with Crippen LogP contribution in [0.3, 0.4) is 0 Å². The number of aromatic nitrogens is 3. The lowest BCUT2D eigenvalue weighted by atomic mass is 9.93. The smallest absolute Gasteiger partial charge is 0.224 e. The molecule has 1 aliphatic carbocycles. The van der Waals surface area contributed by atoms with Gasteiger partial charge in [0.05, 0.1) is 17.4 Å². The molecule has 140 valence electrons. The number of aliphatic hydroxyl groups excluding tert-OH is 1. The van der Waals surface area contributed by atoms with E-state index in [-0.39, 0.29) is 6.10 Å². The lowest BCUT2D eigenvalue weighted by molar-refractivity contribution is 0.126. The fourth-order valence-electron chi connectivity index (χ4n) is 3.18. The maximum atomic E-state index is 9.74. The summed E-state index contributed by atoms with van der Waals surface area (Å²) in [6.45, 7) is 5.06. The van der Waals surface area contributed by atoms with Crippen molar-refractivity contribution < 1.29 is 5.11 Å². The summed E-state index contributed by atoms with van der Waals surface area (Å²) in [5.41, 5.74) is 2.91. The van der Waals surface area contributed by atoms with Gasteiger partial charge in [0.15, 0.2) is 0 Å². The van der Waals surface area contributed by atoms with Crippen LogP contribution in [0.2, 0.25) is 0 Å². The van der Waals surface area contributed by atoms with E-state index in [1.165, 1.54) is 0 Å². The van der Waals surface area contributed by atoms with Crippen molar-refractivity contribution in [1.29, 1.82) is 0 Å². The van der Waals surface area contributed by atoms with E-state index in [9.17, 15) is 5.11 Å². The predicted molar refractivity (Wildman–Crippen MR) is 105 cm³/mol. The number of hydrogen-bond donors (Lipinski definition) is 3. The van der Waals surface area contributed by atoms with Crippen LogP contribution in [-0.2, 0) is 0 Å². The second kappa shape index (κ2) is 8.94. The molecular weight excluding hydrogens is 326 g/mol. The topological polar surface area (TPSA) is 83.0 Å². The van der Waals surface area contributed by atoms with E-state index in [0.717, 1.165) is 67.7 Å². The summed E-state index contributed by atoms with van der Waals surface area (Å²) in [5, 5.41) is 16.6. The van der Waals surface area contributed by atoms with Gasteiger partial charge >= 0.3 is 0 Å². The van der Waals surface area contributed by atoms with E-state index in [0.29, 0.717) is 12.0 Å². The largest absolute Gasteiger partial charge is 0.393 e. The van der Waals surface area contributed by atoms with E-state index in [1.807, 2.05) is 25.4 Å². The standard InChI is InChI=1S/C20H29N5O/c1-3-4-11-21-20-23-13-17(18-10-5-14(2)12-22-18)19(25-20)24-15-6-8-16(26)9-7-15/h5,10,12-13,15-16,26H,3-4,6-9,11H2,1-2H3,(H2,21,23,24,25)/t15-,16-. The molecule has 2 aromatic heterocycles. The molecule has 0 spiro atoms. The van der Waals surface area contributed by atoms with Crippen LogP contribution in [0.5, 0.6) is 0 Å². The van der Waals surface area contributed by atoms with Crippen LogP contribution < -0.4 is 10.6 Å². The zero-order chi connectivity index (χ0) is 18.4. The molecule has 2 aromatic rings. The highest BCUT2D eigenvalue weighted by Crippen LogP contribution is 2.28. The average Bonchev–Trinajstić information content (AvgIpc) is 2.65. The molecule has 0 radical (unpaired) electrons. The third-order valence-corrected chi connectivity index (χ3v) is 4.83. The van der Waals surface area contributed by atoms with Gasteiger partial charge in [0.25, 0.3) is 0 Å². The van der Waals surface area contributed by atoms with Crippen LogP contribution >= 0.6 is 0 Å². The summed E-state index contributed by atoms with van der Waals surface area (Å²) in [6.07, 6.45) is 9.34. The first-order chi connectivity index (χ1) is 12.7. The summed E-state index contributed by atoms with van der Waals surface area (Å²) < 4.78 is 0. The van der Waals surface area contributed by atoms with Crippen molar-refractivity contribution in [3.63, 3.8) is 0 Å². The Hall–Kier alpha value is -2.21. The van der Waals surface area contributed by atoms with Crippen LogP contribution in [0.15, 0.2) is 24.5 Å². The van der Waals surface area contributed by atoms with Crippen LogP contribution in [0, 0.1) is 6.92 Å². The fraction of sp³-hybridized carbons (Fsp3) is 0.550. The number of hydrogen-bond acceptors (Lipinski definition) is 6. The van der Waals surface area contributed by atoms with Gasteiger partial charge in [0, 0.05) is 25.0 Å². The molecule has 0 amide bonds. The zero-order valence-electron chi connectivity index (χ0n) is 15.7. The van der Waals surface area contributed by atoms with Crippen molar-refractivity contribution in [2.75, 3.05) is 17.2 Å². The van der Waals surface area contributed by atoms with E-state index < -0.39 is 0 Å². The van der Waals surface area contributed by atoms with Gasteiger partial charge in [0.1, 0.15) is 5.82 Å². The van der Waals surface area contributed by atoms with Crippen molar-refractivity contribution >= 4 is 11.8 Å². The Bertz CT molecular complexity index is 696. The Kier molecular flexibility index (Phi) is 6.39. The Morgan fingerprint density at radius 1 is 1.12 bits per heavy atom. The second-order valence-corrected chi connectivity index (χ2v) is 7.11. The Morgan fingerprint density at radius 3 is 2.62 bits per heavy atom. The Balaban J connectivity index is 1.83. The number of rotatable bonds is 7. The van der Waals surface area contributed by atoms with E-state index >= 15 is 0 Å². The monoisotopic (exact) mass is 355 g/mol. The molecule has 1 fully saturated rings. The van der Waals surface area contributed by atoms with Gasteiger partial charge in [-0.25, -0.2) is 4.98 Å². The number of nitrogens with one attached hydrogen (secondary N) is 2. The lowest BCUT2D eigenvalue weighted by Gasteiger charge is -2.27. The molecule has 1 aliphatic rings. The molecule has 0 saturated heterocycles. The van der Waals surface area contributed by atoms with E-state index in [1.54, 1.807) is 0 Å². The molecule has 0 aliphatic heterocycles. The molecule has 0 atom stereocenters. The van der Waals surface area contributed by atoms with Crippen molar-refractivity contribution in [3.8, 4) is 11.3 Å². The highest BCUT2D eigenvalue weighted by Gasteiger charge is 2.21. The minimum Gasteiger partial charge on any atom is -0.393 e. The first-order valence-electron chi connectivity index (χ1n) is 9.64. The SMILES string of the molecule is CCCCNc1ncc(-c2ccc(C)cn2)c(N[C@H]2CC[C@H](O)CC2)n1. The Morgan fingerprint density at radius 2 is 1.92 bits per heavy atom. The maximum absolute atomic E-state index is 9.74. The molecule has 0 unspecified atom stereocenters. The van der Waals surface area contributed by atoms with Crippen molar-refractivity contribution in [3.05, 3.63) is 30.1 Å². The molecule has 6 heteroatoms. The highest BCUT2D eigenvalue weighted by molar-refractivity contribution is 5.72. The molecule has 3 rings (SSSR count). The number of anilines is 2. The van der Waals surface area contributed by atoms with Gasteiger partial charge < -0.3 is 15.7 Å². The molecule has 6 nitrogen and oxygen atoms in total. The molecule has 0 bridgehead atoms. The first-order valence-corrected chi connectivity index (χ1v) is 9.64. The van der Waals surface area contributed by atoms with Crippen LogP contribution in [-0.4, -0.2) is 38.7 Å². The van der Waals surface area contributed by atoms with Gasteiger partial charge in [0.2, 0.25) is 5.95 Å². The number of aliphatic hydroxyl groups is 1. The number of unbranched alkanes of at least 4 members (excludes halogenated alkanes) is 1. The second-order valence-electron chi connectivity index (χ2n) is 7.11. The number of aryl methyl sites for hydroxylation is 1. The predicted octanol–water partition coefficient (Wildman–Crippen LogP) is 3.77. The highest BCUT2D eigenvalue weighted by atomic mass is 16.3. The lowest BCUT2D eigenvalue weighted by Crippen LogP contribution is -2.29. The summed E-state index contributed by atoms with van der Waals surface area (Å²) >= 11 is 0. The Labute approximate surface area is 155 Å². The third kappa shape index (κ3) is 4.91. The first kappa shape index (κ1) is 18.6. The zero-order valence-corrected chi connectivity index (χ0v) is 15.7. The van der Waals surface area contributed by atoms with Gasteiger partial charge in [-0.2, -0.15) is 4.98 Å². The molecule has 0 aromatic carbocycles. The number of nitrogens with zero attached hydrogens (tertiary/aromatic N) is 3. The molecule has 3 N–H and O–H groups in total. The molecule has 26 heavy (non-hydrogen) atoms. The van der Waals surface area contributed by atoms with Crippen molar-refractivity contribution in [2.24, 2.45) is 0 Å². The maximum Gasteiger partial charge on any atom is 0.224 e. The van der Waals surface area contributed by atoms with Gasteiger partial charge in [-0.05, 0) is 50.7 Å². The quantitative estimate of drug-likeness (QED) is 0.656. The van der Waals surface area contributed by atoms with Crippen molar-refractivity contribution in [1.82, 2.24) is 15.0 Å². The van der Waals surface area contributed by atoms with Crippen molar-refractivity contribution in [2.45, 2.75) is 64.5 Å². The van der Waals surface area contributed by atoms with Gasteiger partial charge in [-0.1, -0.05) is 19.4 Å². The summed E-state index contributed by atoms with van der Waals surface area (Å²) in [6, 6.07) is 4.38. The van der Waals surface area contributed by atoms with Crippen LogP contribution in [0.25, 0.3) is 11.3 Å². The number of pyridine rings is 1. The van der Waals surface area contributed by atoms with Gasteiger partial charge in [-0.15, -0.1) is 0 Å². The normalized spacial score (nSPS) is 20.0. The minimum absolute atomic E-state index is 0.164.